The van der Waals surface area contributed by atoms with Crippen molar-refractivity contribution in [2.24, 2.45) is 0 Å². The minimum absolute atomic E-state index is 0.0194. The van der Waals surface area contributed by atoms with E-state index in [9.17, 15) is 49.5 Å². The van der Waals surface area contributed by atoms with Crippen LogP contribution in [0.5, 0.6) is 0 Å². The lowest BCUT2D eigenvalue weighted by Gasteiger charge is -2.32. The molecule has 0 fully saturated rings. The molecule has 0 saturated heterocycles. The van der Waals surface area contributed by atoms with Crippen LogP contribution in [0, 0.1) is 0 Å². The van der Waals surface area contributed by atoms with Crippen molar-refractivity contribution < 1.29 is 54.2 Å². The Morgan fingerprint density at radius 2 is 1.41 bits per heavy atom. The van der Waals surface area contributed by atoms with Crippen molar-refractivity contribution in [2.45, 2.75) is 54.7 Å². The summed E-state index contributed by atoms with van der Waals surface area (Å²) in [6.07, 6.45) is -12.8. The van der Waals surface area contributed by atoms with Crippen LogP contribution in [0.15, 0.2) is 95.9 Å². The number of hydrogen-bond donors (Lipinski definition) is 2. The highest BCUT2D eigenvalue weighted by molar-refractivity contribution is 7.91. The maximum absolute atomic E-state index is 13.8. The smallest absolute Gasteiger partial charge is 0.430 e. The molecule has 2 N–H and O–H groups in total. The van der Waals surface area contributed by atoms with Gasteiger partial charge in [0.05, 0.1) is 17.2 Å². The van der Waals surface area contributed by atoms with E-state index in [0.717, 1.165) is 39.3 Å². The number of fused-ring (bicyclic) bond motifs is 4. The summed E-state index contributed by atoms with van der Waals surface area (Å²) in [5.41, 5.74) is -2.51. The van der Waals surface area contributed by atoms with Crippen LogP contribution >= 0.6 is 0 Å². The molecule has 4 aromatic rings. The minimum atomic E-state index is -6.10. The third-order valence-electron chi connectivity index (χ3n) is 9.10. The average molecular weight is 733 g/mol. The third kappa shape index (κ3) is 6.33. The molecule has 8 nitrogen and oxygen atoms in total. The van der Waals surface area contributed by atoms with Crippen molar-refractivity contribution in [3.63, 3.8) is 0 Å². The first-order chi connectivity index (χ1) is 24.0. The zero-order chi connectivity index (χ0) is 36.9. The van der Waals surface area contributed by atoms with E-state index in [2.05, 4.69) is 5.32 Å². The van der Waals surface area contributed by atoms with Crippen LogP contribution in [0.2, 0.25) is 0 Å². The van der Waals surface area contributed by atoms with Gasteiger partial charge in [-0.05, 0) is 64.1 Å². The number of anilines is 1. The highest BCUT2D eigenvalue weighted by Crippen LogP contribution is 2.50. The van der Waals surface area contributed by atoms with Gasteiger partial charge >= 0.3 is 18.4 Å². The van der Waals surface area contributed by atoms with Gasteiger partial charge in [-0.2, -0.15) is 26.3 Å². The summed E-state index contributed by atoms with van der Waals surface area (Å²) in [5.74, 6) is -1.37. The van der Waals surface area contributed by atoms with Crippen LogP contribution in [0.4, 0.5) is 36.8 Å². The molecule has 4 aromatic carbocycles. The van der Waals surface area contributed by atoms with Gasteiger partial charge in [-0.1, -0.05) is 73.7 Å². The molecule has 0 aromatic heterocycles. The van der Waals surface area contributed by atoms with Gasteiger partial charge in [0.15, 0.2) is 9.84 Å². The Kier molecular flexibility index (Phi) is 9.17. The van der Waals surface area contributed by atoms with Crippen molar-refractivity contribution in [1.82, 2.24) is 4.90 Å². The van der Waals surface area contributed by atoms with Crippen molar-refractivity contribution in [2.75, 3.05) is 17.7 Å². The lowest BCUT2D eigenvalue weighted by molar-refractivity contribution is -0.376. The molecule has 1 aliphatic heterocycles. The number of hydrogen-bond acceptors (Lipinski definition) is 6. The van der Waals surface area contributed by atoms with E-state index >= 15 is 0 Å². The first-order valence-corrected chi connectivity index (χ1v) is 17.4. The summed E-state index contributed by atoms with van der Waals surface area (Å²) >= 11 is 0. The van der Waals surface area contributed by atoms with Crippen molar-refractivity contribution in [3.05, 3.63) is 119 Å². The lowest BCUT2D eigenvalue weighted by atomic mass is 9.92. The molecule has 2 amide bonds. The fourth-order valence-corrected chi connectivity index (χ4v) is 8.00. The number of amides is 2. The number of carbonyl (C=O) groups is 2. The molecule has 51 heavy (non-hydrogen) atoms. The van der Waals surface area contributed by atoms with E-state index < -0.39 is 51.4 Å². The highest BCUT2D eigenvalue weighted by Gasteiger charge is 2.71. The second-order valence-corrected chi connectivity index (χ2v) is 14.4. The number of alkyl halides is 6. The Balaban J connectivity index is 1.28. The molecule has 6 rings (SSSR count). The van der Waals surface area contributed by atoms with E-state index in [0.29, 0.717) is 24.1 Å². The molecule has 1 atom stereocenters. The molecule has 1 aliphatic carbocycles. The molecule has 0 spiro atoms. The molecule has 15 heteroatoms. The predicted molar refractivity (Wildman–Crippen MR) is 173 cm³/mol. The number of nitrogens with zero attached hydrogens (tertiary/aromatic N) is 1. The average Bonchev–Trinajstić information content (AvgIpc) is 3.62. The van der Waals surface area contributed by atoms with Gasteiger partial charge in [0.2, 0.25) is 0 Å². The van der Waals surface area contributed by atoms with Gasteiger partial charge in [-0.25, -0.2) is 13.2 Å². The predicted octanol–water partition coefficient (Wildman–Crippen LogP) is 7.63. The zero-order valence-electron chi connectivity index (χ0n) is 26.8. The van der Waals surface area contributed by atoms with E-state index in [1.807, 2.05) is 48.5 Å². The van der Waals surface area contributed by atoms with Crippen molar-refractivity contribution in [3.8, 4) is 11.1 Å². The van der Waals surface area contributed by atoms with Gasteiger partial charge in [-0.3, -0.25) is 9.69 Å². The summed E-state index contributed by atoms with van der Waals surface area (Å²) in [6, 6.07) is 20.2. The maximum Gasteiger partial charge on any atom is 0.430 e. The number of rotatable bonds is 8. The molecule has 0 bridgehead atoms. The molecule has 0 radical (unpaired) electrons. The van der Waals surface area contributed by atoms with Crippen molar-refractivity contribution >= 4 is 27.5 Å². The topological polar surface area (TPSA) is 113 Å². The Bertz CT molecular complexity index is 2040. The molecule has 2 aliphatic rings. The third-order valence-corrected chi connectivity index (χ3v) is 11.0. The number of aliphatic hydroxyl groups is 1. The van der Waals surface area contributed by atoms with Crippen LogP contribution in [0.1, 0.15) is 53.1 Å². The number of carbonyl (C=O) groups excluding carboxylic acids is 2. The Hall–Kier alpha value is -4.89. The first-order valence-electron chi connectivity index (χ1n) is 15.7. The van der Waals surface area contributed by atoms with E-state index in [1.165, 1.54) is 18.2 Å². The van der Waals surface area contributed by atoms with Crippen LogP contribution in [-0.4, -0.2) is 55.1 Å². The normalized spacial score (nSPS) is 16.0. The highest BCUT2D eigenvalue weighted by atomic mass is 32.2. The second-order valence-electron chi connectivity index (χ2n) is 12.3. The Labute approximate surface area is 288 Å². The second kappa shape index (κ2) is 13.0. The first kappa shape index (κ1) is 35.9. The molecular formula is C36H30F6N2O6S. The van der Waals surface area contributed by atoms with E-state index in [-0.39, 0.29) is 41.0 Å². The Morgan fingerprint density at radius 3 is 1.96 bits per heavy atom. The quantitative estimate of drug-likeness (QED) is 0.180. The lowest BCUT2D eigenvalue weighted by Crippen LogP contribution is -2.53. The van der Waals surface area contributed by atoms with Crippen LogP contribution < -0.4 is 5.32 Å². The van der Waals surface area contributed by atoms with Gasteiger partial charge in [0.1, 0.15) is 12.6 Å². The van der Waals surface area contributed by atoms with Crippen LogP contribution in [0.25, 0.3) is 11.1 Å². The molecule has 1 heterocycles. The summed E-state index contributed by atoms with van der Waals surface area (Å²) in [5, 5.41) is 12.1. The minimum Gasteiger partial charge on any atom is -0.448 e. The summed E-state index contributed by atoms with van der Waals surface area (Å²) < 4.78 is 112. The SMILES string of the molecule is CCCS(=O)(=O)c1ccc2c(c1)CN(C(=O)OCC1c3ccccc3-c3ccccc31)C2C(=O)Nc1ccc(C(O)(C(F)(F)F)C(F)(F)F)cc1. The maximum atomic E-state index is 13.8. The van der Waals surface area contributed by atoms with Crippen LogP contribution in [-0.2, 0) is 31.5 Å². The number of halogens is 6. The number of nitrogens with one attached hydrogen (secondary N) is 1. The number of ether oxygens (including phenoxy) is 1. The van der Waals surface area contributed by atoms with Crippen LogP contribution in [0.3, 0.4) is 0 Å². The Morgan fingerprint density at radius 1 is 0.843 bits per heavy atom. The summed E-state index contributed by atoms with van der Waals surface area (Å²) in [7, 11) is -3.69. The largest absolute Gasteiger partial charge is 0.448 e. The number of benzene rings is 4. The number of sulfone groups is 1. The fourth-order valence-electron chi connectivity index (χ4n) is 6.63. The zero-order valence-corrected chi connectivity index (χ0v) is 27.6. The monoisotopic (exact) mass is 732 g/mol. The van der Waals surface area contributed by atoms with Crippen molar-refractivity contribution in [1.29, 1.82) is 0 Å². The van der Waals surface area contributed by atoms with Gasteiger partial charge in [-0.15, -0.1) is 0 Å². The molecule has 268 valence electrons. The van der Waals surface area contributed by atoms with E-state index in [1.54, 1.807) is 6.92 Å². The van der Waals surface area contributed by atoms with Gasteiger partial charge < -0.3 is 15.2 Å². The molecule has 1 unspecified atom stereocenters. The summed E-state index contributed by atoms with van der Waals surface area (Å²) in [6.45, 7) is 1.36. The van der Waals surface area contributed by atoms with Gasteiger partial charge in [0, 0.05) is 17.2 Å². The van der Waals surface area contributed by atoms with Gasteiger partial charge in [0.25, 0.3) is 11.5 Å². The molecule has 0 saturated carbocycles. The molecular weight excluding hydrogens is 702 g/mol. The standard InChI is InChI=1S/C36H30F6N2O6S/c1-2-17-51(48,49)24-15-16-25-21(18-24)19-44(33(46)50-20-30-28-9-5-3-7-26(28)27-8-4-6-10-29(27)30)31(25)32(45)43-23-13-11-22(12-14-23)34(47,35(37,38)39)36(40,41)42/h3-16,18,30-31,47H,2,17,19-20H2,1H3,(H,43,45). The summed E-state index contributed by atoms with van der Waals surface area (Å²) in [4.78, 5) is 28.6. The fraction of sp³-hybridized carbons (Fsp3) is 0.278. The van der Waals surface area contributed by atoms with E-state index in [4.69, 9.17) is 4.74 Å².